The zero-order chi connectivity index (χ0) is 17.5. The standard InChI is InChI=1S/C17H19ClN4OS/c1-22(2)14-7-4-12(16(18)10-14)11-19-21-17(24)20-13-5-8-15(23-3)9-6-13/h4-11H,1-3H3,(H2,20,21,24)/b19-11+. The molecule has 0 aliphatic carbocycles. The lowest BCUT2D eigenvalue weighted by molar-refractivity contribution is 0.415. The average molecular weight is 363 g/mol. The Bertz CT molecular complexity index is 732. The number of hydrazone groups is 1. The van der Waals surface area contributed by atoms with Gasteiger partial charge >= 0.3 is 0 Å². The van der Waals surface area contributed by atoms with Crippen molar-refractivity contribution in [1.82, 2.24) is 5.43 Å². The highest BCUT2D eigenvalue weighted by atomic mass is 35.5. The molecule has 0 unspecified atom stereocenters. The fraction of sp³-hybridized carbons (Fsp3) is 0.176. The van der Waals surface area contributed by atoms with Gasteiger partial charge in [0, 0.05) is 31.0 Å². The highest BCUT2D eigenvalue weighted by Gasteiger charge is 2.02. The van der Waals surface area contributed by atoms with Gasteiger partial charge in [-0.15, -0.1) is 0 Å². The second-order valence-corrected chi connectivity index (χ2v) is 5.97. The number of nitrogens with zero attached hydrogens (tertiary/aromatic N) is 2. The third-order valence-electron chi connectivity index (χ3n) is 3.22. The second kappa shape index (κ2) is 8.52. The van der Waals surface area contributed by atoms with Crippen molar-refractivity contribution in [2.45, 2.75) is 0 Å². The third kappa shape index (κ3) is 5.11. The largest absolute Gasteiger partial charge is 0.497 e. The van der Waals surface area contributed by atoms with Gasteiger partial charge in [-0.2, -0.15) is 5.10 Å². The third-order valence-corrected chi connectivity index (χ3v) is 3.74. The highest BCUT2D eigenvalue weighted by Crippen LogP contribution is 2.21. The van der Waals surface area contributed by atoms with Gasteiger partial charge in [-0.05, 0) is 54.7 Å². The van der Waals surface area contributed by atoms with E-state index in [2.05, 4.69) is 15.8 Å². The number of nitrogens with one attached hydrogen (secondary N) is 2. The first-order chi connectivity index (χ1) is 11.5. The lowest BCUT2D eigenvalue weighted by atomic mass is 10.2. The maximum atomic E-state index is 6.24. The Hall–Kier alpha value is -2.31. The van der Waals surface area contributed by atoms with E-state index < -0.39 is 0 Å². The van der Waals surface area contributed by atoms with E-state index in [4.69, 9.17) is 28.6 Å². The van der Waals surface area contributed by atoms with E-state index in [-0.39, 0.29) is 0 Å². The van der Waals surface area contributed by atoms with Crippen LogP contribution in [0.15, 0.2) is 47.6 Å². The Balaban J connectivity index is 1.92. The first-order valence-corrected chi connectivity index (χ1v) is 7.99. The normalized spacial score (nSPS) is 10.5. The molecule has 0 bridgehead atoms. The van der Waals surface area contributed by atoms with Gasteiger partial charge in [0.1, 0.15) is 5.75 Å². The number of benzene rings is 2. The molecule has 7 heteroatoms. The molecule has 0 aromatic heterocycles. The van der Waals surface area contributed by atoms with E-state index in [0.717, 1.165) is 22.7 Å². The van der Waals surface area contributed by atoms with E-state index in [1.54, 1.807) is 13.3 Å². The molecule has 0 fully saturated rings. The first-order valence-electron chi connectivity index (χ1n) is 7.20. The van der Waals surface area contributed by atoms with Gasteiger partial charge in [0.2, 0.25) is 0 Å². The van der Waals surface area contributed by atoms with E-state index >= 15 is 0 Å². The van der Waals surface area contributed by atoms with Gasteiger partial charge in [0.05, 0.1) is 18.3 Å². The Morgan fingerprint density at radius 3 is 2.50 bits per heavy atom. The minimum absolute atomic E-state index is 0.387. The summed E-state index contributed by atoms with van der Waals surface area (Å²) in [5.74, 6) is 0.785. The fourth-order valence-electron chi connectivity index (χ4n) is 1.89. The van der Waals surface area contributed by atoms with Gasteiger partial charge in [0.25, 0.3) is 0 Å². The number of halogens is 1. The van der Waals surface area contributed by atoms with Crippen molar-refractivity contribution in [2.75, 3.05) is 31.4 Å². The van der Waals surface area contributed by atoms with Crippen molar-refractivity contribution in [1.29, 1.82) is 0 Å². The SMILES string of the molecule is COc1ccc(NC(=S)N/N=C/c2ccc(N(C)C)cc2Cl)cc1. The summed E-state index contributed by atoms with van der Waals surface area (Å²) in [4.78, 5) is 1.99. The van der Waals surface area contributed by atoms with Crippen molar-refractivity contribution in [3.8, 4) is 5.75 Å². The van der Waals surface area contributed by atoms with Crippen LogP contribution in [0.3, 0.4) is 0 Å². The van der Waals surface area contributed by atoms with E-state index in [1.165, 1.54) is 0 Å². The second-order valence-electron chi connectivity index (χ2n) is 5.15. The molecule has 126 valence electrons. The number of thiocarbonyl (C=S) groups is 1. The molecule has 2 aromatic carbocycles. The van der Waals surface area contributed by atoms with E-state index in [0.29, 0.717) is 10.1 Å². The van der Waals surface area contributed by atoms with E-state index in [9.17, 15) is 0 Å². The van der Waals surface area contributed by atoms with Crippen molar-refractivity contribution in [2.24, 2.45) is 5.10 Å². The van der Waals surface area contributed by atoms with Crippen LogP contribution in [0, 0.1) is 0 Å². The monoisotopic (exact) mass is 362 g/mol. The molecule has 2 aromatic rings. The molecule has 0 amide bonds. The minimum Gasteiger partial charge on any atom is -0.497 e. The molecule has 0 heterocycles. The number of methoxy groups -OCH3 is 1. The smallest absolute Gasteiger partial charge is 0.191 e. The molecule has 5 nitrogen and oxygen atoms in total. The predicted octanol–water partition coefficient (Wildman–Crippen LogP) is 3.74. The molecule has 2 rings (SSSR count). The van der Waals surface area contributed by atoms with Crippen LogP contribution in [0.25, 0.3) is 0 Å². The average Bonchev–Trinajstić information content (AvgIpc) is 2.56. The van der Waals surface area contributed by atoms with Gasteiger partial charge in [0.15, 0.2) is 5.11 Å². The minimum atomic E-state index is 0.387. The highest BCUT2D eigenvalue weighted by molar-refractivity contribution is 7.80. The van der Waals surface area contributed by atoms with Gasteiger partial charge < -0.3 is 15.0 Å². The van der Waals surface area contributed by atoms with Crippen LogP contribution < -0.4 is 20.4 Å². The number of ether oxygens (including phenoxy) is 1. The molecular weight excluding hydrogens is 344 g/mol. The molecule has 24 heavy (non-hydrogen) atoms. The van der Waals surface area contributed by atoms with Crippen LogP contribution >= 0.6 is 23.8 Å². The maximum Gasteiger partial charge on any atom is 0.191 e. The molecular formula is C17H19ClN4OS. The number of rotatable bonds is 5. The molecule has 0 spiro atoms. The van der Waals surface area contributed by atoms with Crippen LogP contribution in [0.1, 0.15) is 5.56 Å². The maximum absolute atomic E-state index is 6.24. The van der Waals surface area contributed by atoms with Crippen LogP contribution in [-0.2, 0) is 0 Å². The summed E-state index contributed by atoms with van der Waals surface area (Å²) < 4.78 is 5.11. The molecule has 0 aliphatic heterocycles. The summed E-state index contributed by atoms with van der Waals surface area (Å²) in [6, 6.07) is 13.2. The van der Waals surface area contributed by atoms with Gasteiger partial charge in [-0.25, -0.2) is 0 Å². The number of anilines is 2. The van der Waals surface area contributed by atoms with Crippen molar-refractivity contribution < 1.29 is 4.74 Å². The summed E-state index contributed by atoms with van der Waals surface area (Å²) in [6.07, 6.45) is 1.63. The topological polar surface area (TPSA) is 48.9 Å². The van der Waals surface area contributed by atoms with Crippen molar-refractivity contribution in [3.63, 3.8) is 0 Å². The Labute approximate surface area is 152 Å². The summed E-state index contributed by atoms with van der Waals surface area (Å²) in [5.41, 5.74) is 5.44. The zero-order valence-electron chi connectivity index (χ0n) is 13.7. The Morgan fingerprint density at radius 1 is 1.21 bits per heavy atom. The van der Waals surface area contributed by atoms with E-state index in [1.807, 2.05) is 61.5 Å². The summed E-state index contributed by atoms with van der Waals surface area (Å²) in [6.45, 7) is 0. The van der Waals surface area contributed by atoms with Crippen LogP contribution in [0.2, 0.25) is 5.02 Å². The lowest BCUT2D eigenvalue weighted by Crippen LogP contribution is -2.23. The summed E-state index contributed by atoms with van der Waals surface area (Å²) in [7, 11) is 5.55. The molecule has 0 atom stereocenters. The van der Waals surface area contributed by atoms with Crippen molar-refractivity contribution in [3.05, 3.63) is 53.1 Å². The van der Waals surface area contributed by atoms with Crippen LogP contribution in [0.5, 0.6) is 5.75 Å². The van der Waals surface area contributed by atoms with Crippen molar-refractivity contribution >= 4 is 46.5 Å². The molecule has 0 radical (unpaired) electrons. The molecule has 2 N–H and O–H groups in total. The molecule has 0 saturated heterocycles. The van der Waals surface area contributed by atoms with Crippen LogP contribution in [-0.4, -0.2) is 32.5 Å². The summed E-state index contributed by atoms with van der Waals surface area (Å²) in [5, 5.41) is 8.15. The van der Waals surface area contributed by atoms with Crippen LogP contribution in [0.4, 0.5) is 11.4 Å². The van der Waals surface area contributed by atoms with Gasteiger partial charge in [-0.3, -0.25) is 5.43 Å². The first kappa shape index (κ1) is 18.0. The zero-order valence-corrected chi connectivity index (χ0v) is 15.3. The quantitative estimate of drug-likeness (QED) is 0.482. The Kier molecular flexibility index (Phi) is 6.40. The molecule has 0 aliphatic rings. The van der Waals surface area contributed by atoms with Gasteiger partial charge in [-0.1, -0.05) is 11.6 Å². The lowest BCUT2D eigenvalue weighted by Gasteiger charge is -2.13. The number of hydrogen-bond donors (Lipinski definition) is 2. The summed E-state index contributed by atoms with van der Waals surface area (Å²) >= 11 is 11.4. The Morgan fingerprint density at radius 2 is 1.92 bits per heavy atom. The predicted molar refractivity (Wildman–Crippen MR) is 106 cm³/mol. The fourth-order valence-corrected chi connectivity index (χ4v) is 2.29. The molecule has 0 saturated carbocycles. The number of hydrogen-bond acceptors (Lipinski definition) is 4.